The van der Waals surface area contributed by atoms with E-state index < -0.39 is 11.8 Å². The van der Waals surface area contributed by atoms with Gasteiger partial charge >= 0.3 is 5.97 Å². The smallest absolute Gasteiger partial charge is 0.357 e. The van der Waals surface area contributed by atoms with Crippen molar-refractivity contribution >= 4 is 34.4 Å². The zero-order valence-corrected chi connectivity index (χ0v) is 23.3. The summed E-state index contributed by atoms with van der Waals surface area (Å²) in [5.41, 5.74) is 7.24. The average molecular weight is 535 g/mol. The SMILES string of the molecule is CC1(C)OC(=O)c2cc3cc(NC(=O)[C@@H]4[C@H](C5CCCCC5)CCN4C(=O)[C@H]4CC[C@H](CN)CC4)ccc3n21. The second kappa shape index (κ2) is 10.3. The summed E-state index contributed by atoms with van der Waals surface area (Å²) in [7, 11) is 0. The van der Waals surface area contributed by atoms with Gasteiger partial charge in [0.25, 0.3) is 0 Å². The van der Waals surface area contributed by atoms with E-state index in [-0.39, 0.29) is 29.6 Å². The molecule has 2 aliphatic heterocycles. The summed E-state index contributed by atoms with van der Waals surface area (Å²) in [6.45, 7) is 5.09. The number of aromatic nitrogens is 1. The van der Waals surface area contributed by atoms with Gasteiger partial charge in [-0.1, -0.05) is 32.1 Å². The van der Waals surface area contributed by atoms with E-state index in [4.69, 9.17) is 10.5 Å². The maximum absolute atomic E-state index is 14.0. The van der Waals surface area contributed by atoms with Crippen molar-refractivity contribution in [1.82, 2.24) is 9.47 Å². The Morgan fingerprint density at radius 3 is 2.49 bits per heavy atom. The van der Waals surface area contributed by atoms with Gasteiger partial charge in [-0.05, 0) is 94.5 Å². The number of carbonyl (C=O) groups excluding carboxylic acids is 3. The van der Waals surface area contributed by atoms with Gasteiger partial charge in [0.2, 0.25) is 11.8 Å². The molecule has 0 radical (unpaired) electrons. The molecule has 2 atom stereocenters. The highest BCUT2D eigenvalue weighted by atomic mass is 16.6. The van der Waals surface area contributed by atoms with E-state index in [1.807, 2.05) is 47.6 Å². The summed E-state index contributed by atoms with van der Waals surface area (Å²) >= 11 is 0. The molecule has 8 heteroatoms. The molecule has 0 bridgehead atoms. The molecule has 3 N–H and O–H groups in total. The van der Waals surface area contributed by atoms with Crippen molar-refractivity contribution in [2.24, 2.45) is 29.4 Å². The molecule has 1 aromatic carbocycles. The van der Waals surface area contributed by atoms with E-state index in [2.05, 4.69) is 5.32 Å². The van der Waals surface area contributed by atoms with Gasteiger partial charge in [-0.3, -0.25) is 14.2 Å². The van der Waals surface area contributed by atoms with Gasteiger partial charge in [0.1, 0.15) is 11.7 Å². The van der Waals surface area contributed by atoms with E-state index in [1.165, 1.54) is 19.3 Å². The van der Waals surface area contributed by atoms with Crippen molar-refractivity contribution < 1.29 is 19.1 Å². The molecule has 3 fully saturated rings. The summed E-state index contributed by atoms with van der Waals surface area (Å²) in [6.07, 6.45) is 10.6. The fourth-order valence-corrected chi connectivity index (χ4v) is 7.90. The van der Waals surface area contributed by atoms with E-state index in [0.29, 0.717) is 36.3 Å². The number of anilines is 1. The molecule has 3 heterocycles. The third-order valence-corrected chi connectivity index (χ3v) is 9.94. The van der Waals surface area contributed by atoms with Crippen LogP contribution >= 0.6 is 0 Å². The quantitative estimate of drug-likeness (QED) is 0.525. The Kier molecular flexibility index (Phi) is 6.94. The molecule has 39 heavy (non-hydrogen) atoms. The average Bonchev–Trinajstić information content (AvgIpc) is 3.61. The Hall–Kier alpha value is -2.87. The van der Waals surface area contributed by atoms with Gasteiger partial charge in [0.05, 0.1) is 5.52 Å². The summed E-state index contributed by atoms with van der Waals surface area (Å²) in [6, 6.07) is 7.14. The van der Waals surface area contributed by atoms with Crippen molar-refractivity contribution in [3.05, 3.63) is 30.0 Å². The van der Waals surface area contributed by atoms with Crippen molar-refractivity contribution in [3.8, 4) is 0 Å². The van der Waals surface area contributed by atoms with Crippen LogP contribution in [0.2, 0.25) is 0 Å². The Bertz CT molecular complexity index is 1270. The van der Waals surface area contributed by atoms with Gasteiger partial charge in [0, 0.05) is 23.5 Å². The van der Waals surface area contributed by atoms with Crippen LogP contribution in [0.1, 0.15) is 88.5 Å². The second-order valence-electron chi connectivity index (χ2n) is 12.7. The molecule has 2 aromatic rings. The highest BCUT2D eigenvalue weighted by Crippen LogP contribution is 2.41. The van der Waals surface area contributed by atoms with Crippen LogP contribution in [-0.4, -0.2) is 46.4 Å². The number of hydrogen-bond acceptors (Lipinski definition) is 5. The number of esters is 1. The summed E-state index contributed by atoms with van der Waals surface area (Å²) in [5, 5.41) is 4.05. The molecule has 2 saturated carbocycles. The molecular weight excluding hydrogens is 492 g/mol. The van der Waals surface area contributed by atoms with E-state index in [0.717, 1.165) is 55.8 Å². The molecule has 8 nitrogen and oxygen atoms in total. The normalized spacial score (nSPS) is 28.9. The largest absolute Gasteiger partial charge is 0.434 e. The minimum absolute atomic E-state index is 0.00334. The lowest BCUT2D eigenvalue weighted by Gasteiger charge is -2.36. The minimum atomic E-state index is -0.750. The number of nitrogens with two attached hydrogens (primary N) is 1. The van der Waals surface area contributed by atoms with E-state index >= 15 is 0 Å². The van der Waals surface area contributed by atoms with Gasteiger partial charge in [0.15, 0.2) is 5.72 Å². The first kappa shape index (κ1) is 26.4. The predicted octanol–water partition coefficient (Wildman–Crippen LogP) is 5.01. The number of ether oxygens (including phenoxy) is 1. The Morgan fingerprint density at radius 2 is 1.77 bits per heavy atom. The van der Waals surface area contributed by atoms with Crippen LogP contribution in [0.15, 0.2) is 24.3 Å². The number of cyclic esters (lactones) is 1. The summed E-state index contributed by atoms with van der Waals surface area (Å²) in [4.78, 5) is 42.1. The Balaban J connectivity index is 1.25. The zero-order chi connectivity index (χ0) is 27.3. The number of hydrogen-bond donors (Lipinski definition) is 2. The molecule has 2 amide bonds. The standard InChI is InChI=1S/C31H42N4O4/c1-31(2)35-25-13-12-23(16-22(25)17-26(35)30(38)39-31)33-28(36)27-24(20-6-4-3-5-7-20)14-15-34(27)29(37)21-10-8-19(18-32)9-11-21/h12-13,16-17,19-21,24,27H,3-11,14-15,18,32H2,1-2H3,(H,33,36)/t19-,21-,24-,27-/m0/s1. The first-order valence-electron chi connectivity index (χ1n) is 15.0. The highest BCUT2D eigenvalue weighted by molar-refractivity contribution is 6.02. The van der Waals surface area contributed by atoms with Gasteiger partial charge in [-0.15, -0.1) is 0 Å². The van der Waals surface area contributed by atoms with Crippen LogP contribution in [-0.2, 0) is 20.1 Å². The minimum Gasteiger partial charge on any atom is -0.434 e. The lowest BCUT2D eigenvalue weighted by Crippen LogP contribution is -2.49. The van der Waals surface area contributed by atoms with Crippen molar-refractivity contribution in [1.29, 1.82) is 0 Å². The fraction of sp³-hybridized carbons (Fsp3) is 0.645. The highest BCUT2D eigenvalue weighted by Gasteiger charge is 2.47. The molecule has 1 saturated heterocycles. The monoisotopic (exact) mass is 534 g/mol. The second-order valence-corrected chi connectivity index (χ2v) is 12.7. The fourth-order valence-electron chi connectivity index (χ4n) is 7.90. The number of nitrogens with zero attached hydrogens (tertiary/aromatic N) is 2. The van der Waals surface area contributed by atoms with Crippen LogP contribution < -0.4 is 11.1 Å². The number of nitrogens with one attached hydrogen (secondary N) is 1. The number of rotatable bonds is 5. The topological polar surface area (TPSA) is 107 Å². The lowest BCUT2D eigenvalue weighted by molar-refractivity contribution is -0.142. The third-order valence-electron chi connectivity index (χ3n) is 9.94. The van der Waals surface area contributed by atoms with Crippen LogP contribution in [0.3, 0.4) is 0 Å². The Morgan fingerprint density at radius 1 is 1.03 bits per heavy atom. The molecule has 2 aliphatic carbocycles. The first-order valence-corrected chi connectivity index (χ1v) is 15.0. The number of amides is 2. The van der Waals surface area contributed by atoms with E-state index in [1.54, 1.807) is 0 Å². The maximum Gasteiger partial charge on any atom is 0.357 e. The number of benzene rings is 1. The zero-order valence-electron chi connectivity index (χ0n) is 23.3. The molecule has 6 rings (SSSR count). The van der Waals surface area contributed by atoms with Crippen LogP contribution in [0.5, 0.6) is 0 Å². The van der Waals surface area contributed by atoms with E-state index in [9.17, 15) is 14.4 Å². The molecule has 0 spiro atoms. The van der Waals surface area contributed by atoms with Crippen LogP contribution in [0.4, 0.5) is 5.69 Å². The maximum atomic E-state index is 14.0. The molecule has 0 unspecified atom stereocenters. The van der Waals surface area contributed by atoms with Gasteiger partial charge in [-0.25, -0.2) is 4.79 Å². The lowest BCUT2D eigenvalue weighted by atomic mass is 9.76. The predicted molar refractivity (Wildman–Crippen MR) is 150 cm³/mol. The van der Waals surface area contributed by atoms with Crippen molar-refractivity contribution in [2.45, 2.75) is 89.8 Å². The number of carbonyl (C=O) groups is 3. The third kappa shape index (κ3) is 4.75. The summed E-state index contributed by atoms with van der Waals surface area (Å²) < 4.78 is 7.41. The summed E-state index contributed by atoms with van der Waals surface area (Å²) in [5.74, 6) is 0.938. The number of likely N-dealkylation sites (tertiary alicyclic amines) is 1. The number of fused-ring (bicyclic) bond motifs is 3. The van der Waals surface area contributed by atoms with Gasteiger partial charge < -0.3 is 20.7 Å². The Labute approximate surface area is 230 Å². The first-order chi connectivity index (χ1) is 18.8. The van der Waals surface area contributed by atoms with Gasteiger partial charge in [-0.2, -0.15) is 0 Å². The van der Waals surface area contributed by atoms with Crippen molar-refractivity contribution in [3.63, 3.8) is 0 Å². The molecular formula is C31H42N4O4. The molecule has 210 valence electrons. The van der Waals surface area contributed by atoms with Crippen LogP contribution in [0, 0.1) is 23.7 Å². The van der Waals surface area contributed by atoms with Crippen LogP contribution in [0.25, 0.3) is 10.9 Å². The molecule has 1 aromatic heterocycles. The van der Waals surface area contributed by atoms with Crippen molar-refractivity contribution in [2.75, 3.05) is 18.4 Å². The molecule has 4 aliphatic rings.